The Hall–Kier alpha value is -1.68. The fourth-order valence-electron chi connectivity index (χ4n) is 2.12. The summed E-state index contributed by atoms with van der Waals surface area (Å²) in [6.45, 7) is 2.66. The third-order valence-corrected chi connectivity index (χ3v) is 3.63. The first-order valence-corrected chi connectivity index (χ1v) is 6.44. The van der Waals surface area contributed by atoms with E-state index in [2.05, 4.69) is 10.00 Å². The molecular weight excluding hydrogens is 262 g/mol. The van der Waals surface area contributed by atoms with E-state index in [1.54, 1.807) is 11.8 Å². The van der Waals surface area contributed by atoms with Crippen LogP contribution in [0.5, 0.6) is 5.75 Å². The van der Waals surface area contributed by atoms with Gasteiger partial charge in [0.15, 0.2) is 0 Å². The molecule has 5 heteroatoms. The molecule has 0 atom stereocenters. The van der Waals surface area contributed by atoms with Gasteiger partial charge >= 0.3 is 0 Å². The lowest BCUT2D eigenvalue weighted by Crippen LogP contribution is -2.17. The Kier molecular flexibility index (Phi) is 4.00. The molecule has 2 rings (SSSR count). The van der Waals surface area contributed by atoms with Crippen LogP contribution in [0.2, 0.25) is 5.15 Å². The summed E-state index contributed by atoms with van der Waals surface area (Å²) in [5.74, 6) is 0.850. The number of rotatable bonds is 4. The number of hydrogen-bond acceptors (Lipinski definition) is 3. The standard InChI is InChI=1S/C14H18ClN3O/c1-10-11(14(15)18(3)16-10)9-17(2)12-7-5-6-8-13(12)19-4/h5-8H,9H2,1-4H3. The van der Waals surface area contributed by atoms with Gasteiger partial charge in [-0.1, -0.05) is 23.7 Å². The molecule has 1 aromatic carbocycles. The van der Waals surface area contributed by atoms with E-state index in [9.17, 15) is 0 Å². The number of methoxy groups -OCH3 is 1. The molecule has 0 aliphatic rings. The van der Waals surface area contributed by atoms with Crippen molar-refractivity contribution in [3.05, 3.63) is 40.7 Å². The molecule has 0 aliphatic heterocycles. The molecule has 2 aromatic rings. The lowest BCUT2D eigenvalue weighted by molar-refractivity contribution is 0.415. The Labute approximate surface area is 118 Å². The molecule has 0 radical (unpaired) electrons. The third-order valence-electron chi connectivity index (χ3n) is 3.16. The molecule has 19 heavy (non-hydrogen) atoms. The topological polar surface area (TPSA) is 30.3 Å². The highest BCUT2D eigenvalue weighted by Gasteiger charge is 2.15. The fourth-order valence-corrected chi connectivity index (χ4v) is 2.36. The highest BCUT2D eigenvalue weighted by molar-refractivity contribution is 6.30. The van der Waals surface area contributed by atoms with Crippen molar-refractivity contribution in [1.82, 2.24) is 9.78 Å². The van der Waals surface area contributed by atoms with Crippen molar-refractivity contribution < 1.29 is 4.74 Å². The van der Waals surface area contributed by atoms with Gasteiger partial charge in [0.05, 0.1) is 18.5 Å². The summed E-state index contributed by atoms with van der Waals surface area (Å²) in [5.41, 5.74) is 3.02. The van der Waals surface area contributed by atoms with Crippen molar-refractivity contribution >= 4 is 17.3 Å². The van der Waals surface area contributed by atoms with Gasteiger partial charge in [0.25, 0.3) is 0 Å². The molecule has 0 amide bonds. The Morgan fingerprint density at radius 1 is 1.37 bits per heavy atom. The zero-order chi connectivity index (χ0) is 14.0. The number of aromatic nitrogens is 2. The predicted octanol–water partition coefficient (Wildman–Crippen LogP) is 3.03. The quantitative estimate of drug-likeness (QED) is 0.862. The van der Waals surface area contributed by atoms with Crippen LogP contribution >= 0.6 is 11.6 Å². The molecule has 1 heterocycles. The van der Waals surface area contributed by atoms with Gasteiger partial charge in [-0.3, -0.25) is 4.68 Å². The van der Waals surface area contributed by atoms with Crippen LogP contribution in [-0.2, 0) is 13.6 Å². The first kappa shape index (κ1) is 13.7. The fraction of sp³-hybridized carbons (Fsp3) is 0.357. The van der Waals surface area contributed by atoms with E-state index >= 15 is 0 Å². The molecule has 0 unspecified atom stereocenters. The Bertz CT molecular complexity index is 580. The number of halogens is 1. The van der Waals surface area contributed by atoms with E-state index in [1.165, 1.54) is 0 Å². The molecule has 0 bridgehead atoms. The summed E-state index contributed by atoms with van der Waals surface area (Å²) >= 11 is 6.26. The van der Waals surface area contributed by atoms with Crippen molar-refractivity contribution in [3.63, 3.8) is 0 Å². The lowest BCUT2D eigenvalue weighted by atomic mass is 10.2. The molecule has 0 saturated heterocycles. The van der Waals surface area contributed by atoms with Gasteiger partial charge < -0.3 is 9.64 Å². The minimum Gasteiger partial charge on any atom is -0.495 e. The maximum Gasteiger partial charge on any atom is 0.142 e. The largest absolute Gasteiger partial charge is 0.495 e. The zero-order valence-electron chi connectivity index (χ0n) is 11.6. The minimum atomic E-state index is 0.680. The molecule has 4 nitrogen and oxygen atoms in total. The van der Waals surface area contributed by atoms with Crippen LogP contribution in [0, 0.1) is 6.92 Å². The average molecular weight is 280 g/mol. The third kappa shape index (κ3) is 2.68. The van der Waals surface area contributed by atoms with Crippen LogP contribution in [-0.4, -0.2) is 23.9 Å². The van der Waals surface area contributed by atoms with Crippen molar-refractivity contribution in [1.29, 1.82) is 0 Å². The number of anilines is 1. The summed E-state index contributed by atoms with van der Waals surface area (Å²) < 4.78 is 7.07. The summed E-state index contributed by atoms with van der Waals surface area (Å²) in [5, 5.41) is 5.01. The number of para-hydroxylation sites is 2. The van der Waals surface area contributed by atoms with Gasteiger partial charge in [0.2, 0.25) is 0 Å². The Morgan fingerprint density at radius 2 is 2.05 bits per heavy atom. The van der Waals surface area contributed by atoms with E-state index in [0.29, 0.717) is 11.7 Å². The molecule has 0 fully saturated rings. The summed E-state index contributed by atoms with van der Waals surface area (Å²) in [4.78, 5) is 2.11. The highest BCUT2D eigenvalue weighted by atomic mass is 35.5. The summed E-state index contributed by atoms with van der Waals surface area (Å²) in [6, 6.07) is 7.92. The molecular formula is C14H18ClN3O. The van der Waals surface area contributed by atoms with Gasteiger partial charge in [-0.2, -0.15) is 5.10 Å². The van der Waals surface area contributed by atoms with E-state index in [4.69, 9.17) is 16.3 Å². The molecule has 0 N–H and O–H groups in total. The van der Waals surface area contributed by atoms with Crippen LogP contribution in [0.4, 0.5) is 5.69 Å². The molecule has 0 spiro atoms. The van der Waals surface area contributed by atoms with Crippen molar-refractivity contribution in [2.24, 2.45) is 7.05 Å². The van der Waals surface area contributed by atoms with Gasteiger partial charge in [-0.05, 0) is 19.1 Å². The maximum atomic E-state index is 6.26. The Balaban J connectivity index is 2.28. The predicted molar refractivity (Wildman–Crippen MR) is 78.1 cm³/mol. The van der Waals surface area contributed by atoms with Crippen LogP contribution in [0.3, 0.4) is 0 Å². The van der Waals surface area contributed by atoms with Gasteiger partial charge in [0.1, 0.15) is 10.9 Å². The number of benzene rings is 1. The first-order valence-electron chi connectivity index (χ1n) is 6.06. The number of aryl methyl sites for hydroxylation is 2. The van der Waals surface area contributed by atoms with Crippen molar-refractivity contribution in [2.75, 3.05) is 19.1 Å². The average Bonchev–Trinajstić information content (AvgIpc) is 2.65. The van der Waals surface area contributed by atoms with Crippen LogP contribution in [0.1, 0.15) is 11.3 Å². The lowest BCUT2D eigenvalue weighted by Gasteiger charge is -2.21. The molecule has 102 valence electrons. The second kappa shape index (κ2) is 5.53. The number of nitrogens with zero attached hydrogens (tertiary/aromatic N) is 3. The van der Waals surface area contributed by atoms with Crippen molar-refractivity contribution in [2.45, 2.75) is 13.5 Å². The van der Waals surface area contributed by atoms with Gasteiger partial charge in [0, 0.05) is 26.2 Å². The maximum absolute atomic E-state index is 6.26. The van der Waals surface area contributed by atoms with Crippen LogP contribution < -0.4 is 9.64 Å². The number of hydrogen-bond donors (Lipinski definition) is 0. The normalized spacial score (nSPS) is 10.6. The zero-order valence-corrected chi connectivity index (χ0v) is 12.4. The van der Waals surface area contributed by atoms with E-state index in [0.717, 1.165) is 22.7 Å². The van der Waals surface area contributed by atoms with Gasteiger partial charge in [-0.25, -0.2) is 0 Å². The highest BCUT2D eigenvalue weighted by Crippen LogP contribution is 2.29. The second-order valence-electron chi connectivity index (χ2n) is 4.51. The molecule has 0 aliphatic carbocycles. The Morgan fingerprint density at radius 3 is 2.63 bits per heavy atom. The summed E-state index contributed by atoms with van der Waals surface area (Å²) in [6.07, 6.45) is 0. The smallest absolute Gasteiger partial charge is 0.142 e. The SMILES string of the molecule is COc1ccccc1N(C)Cc1c(C)nn(C)c1Cl. The van der Waals surface area contributed by atoms with E-state index in [-0.39, 0.29) is 0 Å². The van der Waals surface area contributed by atoms with Gasteiger partial charge in [-0.15, -0.1) is 0 Å². The van der Waals surface area contributed by atoms with Crippen LogP contribution in [0.25, 0.3) is 0 Å². The summed E-state index contributed by atoms with van der Waals surface area (Å²) in [7, 11) is 5.54. The van der Waals surface area contributed by atoms with E-state index in [1.807, 2.05) is 45.3 Å². The van der Waals surface area contributed by atoms with Crippen molar-refractivity contribution in [3.8, 4) is 5.75 Å². The monoisotopic (exact) mass is 279 g/mol. The second-order valence-corrected chi connectivity index (χ2v) is 4.86. The first-order chi connectivity index (χ1) is 9.04. The van der Waals surface area contributed by atoms with E-state index < -0.39 is 0 Å². The molecule has 1 aromatic heterocycles. The number of ether oxygens (including phenoxy) is 1. The van der Waals surface area contributed by atoms with Crippen LogP contribution in [0.15, 0.2) is 24.3 Å². The minimum absolute atomic E-state index is 0.680. The molecule has 0 saturated carbocycles.